The Morgan fingerprint density at radius 1 is 1.15 bits per heavy atom. The van der Waals surface area contributed by atoms with Crippen LogP contribution in [0.4, 0.5) is 0 Å². The molecule has 1 aliphatic heterocycles. The normalized spacial score (nSPS) is 16.8. The van der Waals surface area contributed by atoms with Crippen LogP contribution in [-0.4, -0.2) is 39.7 Å². The molecule has 2 aromatic carbocycles. The van der Waals surface area contributed by atoms with Crippen LogP contribution >= 0.6 is 11.6 Å². The van der Waals surface area contributed by atoms with Crippen molar-refractivity contribution in [3.05, 3.63) is 94.3 Å². The number of carbonyl (C=O) groups excluding carboxylic acids is 1. The van der Waals surface area contributed by atoms with E-state index in [9.17, 15) is 9.90 Å². The lowest BCUT2D eigenvalue weighted by molar-refractivity contribution is -0.132. The van der Waals surface area contributed by atoms with Gasteiger partial charge in [0.2, 0.25) is 5.91 Å². The molecule has 1 aromatic heterocycles. The summed E-state index contributed by atoms with van der Waals surface area (Å²) in [6.07, 6.45) is 6.12. The Hall–Kier alpha value is -2.89. The van der Waals surface area contributed by atoms with E-state index in [0.29, 0.717) is 25.9 Å². The molecule has 4 rings (SSSR count). The van der Waals surface area contributed by atoms with Gasteiger partial charge < -0.3 is 14.7 Å². The highest BCUT2D eigenvalue weighted by molar-refractivity contribution is 6.30. The van der Waals surface area contributed by atoms with Crippen molar-refractivity contribution in [1.29, 1.82) is 0 Å². The summed E-state index contributed by atoms with van der Waals surface area (Å²) in [6, 6.07) is 17.9. The standard InChI is InChI=1S/C27H29ClN2O3/c1-27(16-21-4-8-24(28)9-5-21)17-23-15-20(6-10-25(23)33-27)7-11-26(32)30(13-14-31)19-22-3-2-12-29-18-22/h2-6,8-10,12,15,18,31H,7,11,13-14,16-17,19H2,1H3. The van der Waals surface area contributed by atoms with Gasteiger partial charge in [-0.2, -0.15) is 0 Å². The van der Waals surface area contributed by atoms with Crippen LogP contribution in [0.3, 0.4) is 0 Å². The fraction of sp³-hybridized carbons (Fsp3) is 0.333. The molecule has 0 spiro atoms. The minimum absolute atomic E-state index is 0.0252. The van der Waals surface area contributed by atoms with Crippen LogP contribution in [-0.2, 0) is 30.6 Å². The molecule has 1 atom stereocenters. The van der Waals surface area contributed by atoms with Crippen molar-refractivity contribution in [2.24, 2.45) is 0 Å². The first-order valence-corrected chi connectivity index (χ1v) is 11.6. The quantitative estimate of drug-likeness (QED) is 0.501. The van der Waals surface area contributed by atoms with Crippen molar-refractivity contribution in [1.82, 2.24) is 9.88 Å². The molecule has 1 aliphatic rings. The van der Waals surface area contributed by atoms with E-state index in [2.05, 4.69) is 18.0 Å². The summed E-state index contributed by atoms with van der Waals surface area (Å²) in [5.74, 6) is 0.942. The van der Waals surface area contributed by atoms with Gasteiger partial charge in [-0.15, -0.1) is 0 Å². The van der Waals surface area contributed by atoms with E-state index in [-0.39, 0.29) is 18.1 Å². The van der Waals surface area contributed by atoms with Crippen molar-refractivity contribution < 1.29 is 14.6 Å². The van der Waals surface area contributed by atoms with Crippen LogP contribution in [0, 0.1) is 0 Å². The molecule has 5 nitrogen and oxygen atoms in total. The number of nitrogens with zero attached hydrogens (tertiary/aromatic N) is 2. The van der Waals surface area contributed by atoms with Gasteiger partial charge in [-0.05, 0) is 59.9 Å². The summed E-state index contributed by atoms with van der Waals surface area (Å²) in [5, 5.41) is 10.1. The zero-order chi connectivity index (χ0) is 23.3. The van der Waals surface area contributed by atoms with Crippen molar-refractivity contribution in [3.63, 3.8) is 0 Å². The second-order valence-corrected chi connectivity index (χ2v) is 9.31. The largest absolute Gasteiger partial charge is 0.487 e. The Kier molecular flexibility index (Phi) is 7.31. The van der Waals surface area contributed by atoms with Crippen LogP contribution in [0.25, 0.3) is 0 Å². The van der Waals surface area contributed by atoms with Gasteiger partial charge >= 0.3 is 0 Å². The molecule has 33 heavy (non-hydrogen) atoms. The van der Waals surface area contributed by atoms with E-state index >= 15 is 0 Å². The zero-order valence-corrected chi connectivity index (χ0v) is 19.6. The predicted molar refractivity (Wildman–Crippen MR) is 129 cm³/mol. The third kappa shape index (κ3) is 6.12. The topological polar surface area (TPSA) is 62.7 Å². The van der Waals surface area contributed by atoms with Gasteiger partial charge in [0.1, 0.15) is 11.4 Å². The summed E-state index contributed by atoms with van der Waals surface area (Å²) < 4.78 is 6.30. The Balaban J connectivity index is 1.36. The Morgan fingerprint density at radius 2 is 1.94 bits per heavy atom. The lowest BCUT2D eigenvalue weighted by Crippen LogP contribution is -2.33. The fourth-order valence-electron chi connectivity index (χ4n) is 4.40. The molecule has 3 aromatic rings. The zero-order valence-electron chi connectivity index (χ0n) is 18.8. The Labute approximate surface area is 200 Å². The first-order valence-electron chi connectivity index (χ1n) is 11.3. The molecule has 0 fully saturated rings. The van der Waals surface area contributed by atoms with E-state index in [4.69, 9.17) is 16.3 Å². The number of benzene rings is 2. The number of aryl methyl sites for hydroxylation is 1. The number of amides is 1. The average molecular weight is 465 g/mol. The molecule has 0 saturated carbocycles. The van der Waals surface area contributed by atoms with Crippen molar-refractivity contribution >= 4 is 17.5 Å². The highest BCUT2D eigenvalue weighted by Gasteiger charge is 2.35. The third-order valence-corrected chi connectivity index (χ3v) is 6.24. The van der Waals surface area contributed by atoms with Crippen molar-refractivity contribution in [2.45, 2.75) is 44.8 Å². The molecule has 0 radical (unpaired) electrons. The lowest BCUT2D eigenvalue weighted by atomic mass is 9.91. The molecule has 172 valence electrons. The minimum Gasteiger partial charge on any atom is -0.487 e. The highest BCUT2D eigenvalue weighted by atomic mass is 35.5. The number of hydrogen-bond donors (Lipinski definition) is 1. The van der Waals surface area contributed by atoms with Gasteiger partial charge in [0.25, 0.3) is 0 Å². The summed E-state index contributed by atoms with van der Waals surface area (Å²) in [4.78, 5) is 18.6. The first kappa shape index (κ1) is 23.3. The summed E-state index contributed by atoms with van der Waals surface area (Å²) in [7, 11) is 0. The lowest BCUT2D eigenvalue weighted by Gasteiger charge is -2.24. The molecule has 0 bridgehead atoms. The van der Waals surface area contributed by atoms with Gasteiger partial charge in [-0.25, -0.2) is 0 Å². The van der Waals surface area contributed by atoms with Gasteiger partial charge in [0, 0.05) is 49.8 Å². The minimum atomic E-state index is -0.299. The van der Waals surface area contributed by atoms with Crippen molar-refractivity contribution in [3.8, 4) is 5.75 Å². The van der Waals surface area contributed by atoms with E-state index in [1.54, 1.807) is 17.3 Å². The smallest absolute Gasteiger partial charge is 0.223 e. The Morgan fingerprint density at radius 3 is 2.67 bits per heavy atom. The van der Waals surface area contributed by atoms with Crippen LogP contribution in [0.1, 0.15) is 35.6 Å². The summed E-state index contributed by atoms with van der Waals surface area (Å²) in [5.41, 5.74) is 4.14. The SMILES string of the molecule is CC1(Cc2ccc(Cl)cc2)Cc2cc(CCC(=O)N(CCO)Cc3cccnc3)ccc2O1. The Bertz CT molecular complexity index is 1090. The summed E-state index contributed by atoms with van der Waals surface area (Å²) in [6.45, 7) is 2.84. The maximum absolute atomic E-state index is 12.8. The number of aliphatic hydroxyl groups excluding tert-OH is 1. The average Bonchev–Trinajstić information content (AvgIpc) is 3.14. The predicted octanol–water partition coefficient (Wildman–Crippen LogP) is 4.63. The molecule has 6 heteroatoms. The number of ether oxygens (including phenoxy) is 1. The molecule has 1 N–H and O–H groups in total. The van der Waals surface area contributed by atoms with E-state index < -0.39 is 0 Å². The number of halogens is 1. The highest BCUT2D eigenvalue weighted by Crippen LogP contribution is 2.37. The monoisotopic (exact) mass is 464 g/mol. The molecule has 1 amide bonds. The number of fused-ring (bicyclic) bond motifs is 1. The van der Waals surface area contributed by atoms with Crippen LogP contribution in [0.2, 0.25) is 5.02 Å². The molecule has 0 saturated heterocycles. The van der Waals surface area contributed by atoms with E-state index in [1.165, 1.54) is 11.1 Å². The number of rotatable bonds is 9. The van der Waals surface area contributed by atoms with Crippen LogP contribution in [0.15, 0.2) is 67.0 Å². The second-order valence-electron chi connectivity index (χ2n) is 8.87. The first-order chi connectivity index (χ1) is 15.9. The maximum atomic E-state index is 12.8. The molecule has 0 aliphatic carbocycles. The third-order valence-electron chi connectivity index (χ3n) is 5.98. The molecule has 1 unspecified atom stereocenters. The number of aliphatic hydroxyl groups is 1. The fourth-order valence-corrected chi connectivity index (χ4v) is 4.52. The van der Waals surface area contributed by atoms with Crippen molar-refractivity contribution in [2.75, 3.05) is 13.2 Å². The number of pyridine rings is 1. The second kappa shape index (κ2) is 10.4. The van der Waals surface area contributed by atoms with Crippen LogP contribution in [0.5, 0.6) is 5.75 Å². The van der Waals surface area contributed by atoms with Crippen LogP contribution < -0.4 is 4.74 Å². The van der Waals surface area contributed by atoms with E-state index in [1.807, 2.05) is 48.5 Å². The maximum Gasteiger partial charge on any atom is 0.223 e. The number of aromatic nitrogens is 1. The number of hydrogen-bond acceptors (Lipinski definition) is 4. The molecular weight excluding hydrogens is 436 g/mol. The summed E-state index contributed by atoms with van der Waals surface area (Å²) >= 11 is 6.01. The van der Waals surface area contributed by atoms with Gasteiger partial charge in [0.05, 0.1) is 6.61 Å². The number of carbonyl (C=O) groups is 1. The van der Waals surface area contributed by atoms with Gasteiger partial charge in [-0.3, -0.25) is 9.78 Å². The molecule has 2 heterocycles. The van der Waals surface area contributed by atoms with Gasteiger partial charge in [-0.1, -0.05) is 41.9 Å². The van der Waals surface area contributed by atoms with E-state index in [0.717, 1.165) is 34.7 Å². The molecular formula is C27H29ClN2O3. The van der Waals surface area contributed by atoms with Gasteiger partial charge in [0.15, 0.2) is 0 Å².